The number of pyridine rings is 1. The Morgan fingerprint density at radius 2 is 1.80 bits per heavy atom. The van der Waals surface area contributed by atoms with E-state index in [1.54, 1.807) is 12.1 Å². The van der Waals surface area contributed by atoms with Crippen LogP contribution in [0.3, 0.4) is 0 Å². The molecule has 104 valence electrons. The maximum atomic E-state index is 11.9. The monoisotopic (exact) mass is 330 g/mol. The van der Waals surface area contributed by atoms with Crippen LogP contribution in [0.25, 0.3) is 0 Å². The van der Waals surface area contributed by atoms with Crippen LogP contribution >= 0.6 is 34.8 Å². The fourth-order valence-electron chi connectivity index (χ4n) is 1.56. The Labute approximate surface area is 129 Å². The molecule has 0 aliphatic heterocycles. The van der Waals surface area contributed by atoms with Gasteiger partial charge in [0.15, 0.2) is 0 Å². The van der Waals surface area contributed by atoms with E-state index in [0.29, 0.717) is 20.8 Å². The number of benzene rings is 1. The number of nitrogens with one attached hydrogen (secondary N) is 1. The zero-order valence-electron chi connectivity index (χ0n) is 10.1. The second-order valence-electron chi connectivity index (χ2n) is 3.99. The highest BCUT2D eigenvalue weighted by atomic mass is 35.5. The molecule has 0 aliphatic carbocycles. The molecule has 0 radical (unpaired) electrons. The van der Waals surface area contributed by atoms with Crippen LogP contribution < -0.4 is 10.9 Å². The van der Waals surface area contributed by atoms with Gasteiger partial charge in [0.05, 0.1) is 15.7 Å². The first-order valence-corrected chi connectivity index (χ1v) is 6.70. The van der Waals surface area contributed by atoms with E-state index in [2.05, 4.69) is 5.32 Å². The van der Waals surface area contributed by atoms with Gasteiger partial charge in [-0.2, -0.15) is 0 Å². The fraction of sp³-hybridized carbons (Fsp3) is 0.0769. The van der Waals surface area contributed by atoms with E-state index in [1.807, 2.05) is 0 Å². The zero-order valence-corrected chi connectivity index (χ0v) is 12.3. The summed E-state index contributed by atoms with van der Waals surface area (Å²) in [7, 11) is 0. The molecule has 0 aliphatic rings. The number of nitrogens with zero attached hydrogens (tertiary/aromatic N) is 1. The number of hydrogen-bond donors (Lipinski definition) is 1. The lowest BCUT2D eigenvalue weighted by Crippen LogP contribution is -2.26. The van der Waals surface area contributed by atoms with Gasteiger partial charge in [-0.15, -0.1) is 0 Å². The Balaban J connectivity index is 2.13. The van der Waals surface area contributed by atoms with Crippen molar-refractivity contribution in [1.82, 2.24) is 4.57 Å². The summed E-state index contributed by atoms with van der Waals surface area (Å²) in [5, 5.41) is 3.77. The molecule has 0 spiro atoms. The highest BCUT2D eigenvalue weighted by Gasteiger charge is 2.08. The van der Waals surface area contributed by atoms with Crippen molar-refractivity contribution in [2.75, 3.05) is 5.32 Å². The number of carbonyl (C=O) groups excluding carboxylic acids is 1. The Morgan fingerprint density at radius 3 is 2.50 bits per heavy atom. The molecule has 0 unspecified atom stereocenters. The largest absolute Gasteiger partial charge is 0.323 e. The number of halogens is 3. The lowest BCUT2D eigenvalue weighted by atomic mass is 10.3. The van der Waals surface area contributed by atoms with Crippen molar-refractivity contribution >= 4 is 46.4 Å². The number of amides is 1. The molecule has 1 heterocycles. The molecule has 4 nitrogen and oxygen atoms in total. The van der Waals surface area contributed by atoms with Crippen molar-refractivity contribution < 1.29 is 4.79 Å². The van der Waals surface area contributed by atoms with Crippen LogP contribution in [0.5, 0.6) is 0 Å². The summed E-state index contributed by atoms with van der Waals surface area (Å²) in [4.78, 5) is 23.4. The predicted molar refractivity (Wildman–Crippen MR) is 80.8 cm³/mol. The Bertz CT molecular complexity index is 713. The molecule has 0 saturated carbocycles. The number of anilines is 1. The number of hydrogen-bond acceptors (Lipinski definition) is 2. The van der Waals surface area contributed by atoms with E-state index < -0.39 is 5.91 Å². The summed E-state index contributed by atoms with van der Waals surface area (Å²) in [6, 6.07) is 7.47. The molecule has 0 bridgehead atoms. The van der Waals surface area contributed by atoms with Crippen molar-refractivity contribution in [3.05, 3.63) is 62.0 Å². The molecule has 2 rings (SSSR count). The Morgan fingerprint density at radius 1 is 1.10 bits per heavy atom. The minimum atomic E-state index is -0.390. The van der Waals surface area contributed by atoms with Crippen LogP contribution in [0, 0.1) is 0 Å². The van der Waals surface area contributed by atoms with Crippen LogP contribution in [-0.4, -0.2) is 10.5 Å². The SMILES string of the molecule is O=C(Cn1cc(Cl)ccc1=O)Nc1ccc(Cl)cc1Cl. The maximum Gasteiger partial charge on any atom is 0.251 e. The van der Waals surface area contributed by atoms with E-state index in [-0.39, 0.29) is 12.1 Å². The van der Waals surface area contributed by atoms with Gasteiger partial charge in [-0.25, -0.2) is 0 Å². The minimum Gasteiger partial charge on any atom is -0.323 e. The first kappa shape index (κ1) is 14.9. The van der Waals surface area contributed by atoms with E-state index in [1.165, 1.54) is 29.0 Å². The molecule has 0 saturated heterocycles. The third-order valence-electron chi connectivity index (χ3n) is 2.47. The van der Waals surface area contributed by atoms with Crippen LogP contribution in [0.4, 0.5) is 5.69 Å². The quantitative estimate of drug-likeness (QED) is 0.936. The van der Waals surface area contributed by atoms with E-state index in [9.17, 15) is 9.59 Å². The number of aromatic nitrogens is 1. The highest BCUT2D eigenvalue weighted by molar-refractivity contribution is 6.36. The normalized spacial score (nSPS) is 10.3. The third-order valence-corrected chi connectivity index (χ3v) is 3.24. The smallest absolute Gasteiger partial charge is 0.251 e. The summed E-state index contributed by atoms with van der Waals surface area (Å²) >= 11 is 17.5. The predicted octanol–water partition coefficient (Wildman–Crippen LogP) is 3.45. The average molecular weight is 332 g/mol. The second-order valence-corrected chi connectivity index (χ2v) is 5.27. The lowest BCUT2D eigenvalue weighted by molar-refractivity contribution is -0.116. The molecular formula is C13H9Cl3N2O2. The van der Waals surface area contributed by atoms with Gasteiger partial charge in [-0.05, 0) is 24.3 Å². The standard InChI is InChI=1S/C13H9Cl3N2O2/c14-8-1-3-11(10(16)5-8)17-12(19)7-18-6-9(15)2-4-13(18)20/h1-6H,7H2,(H,17,19). The van der Waals surface area contributed by atoms with Crippen LogP contribution in [-0.2, 0) is 11.3 Å². The molecule has 1 aromatic carbocycles. The molecular weight excluding hydrogens is 323 g/mol. The molecule has 20 heavy (non-hydrogen) atoms. The summed E-state index contributed by atoms with van der Waals surface area (Å²) in [5.74, 6) is -0.390. The molecule has 1 aromatic heterocycles. The molecule has 1 amide bonds. The van der Waals surface area contributed by atoms with Gasteiger partial charge in [-0.1, -0.05) is 34.8 Å². The van der Waals surface area contributed by atoms with Crippen molar-refractivity contribution in [1.29, 1.82) is 0 Å². The van der Waals surface area contributed by atoms with E-state index >= 15 is 0 Å². The fourth-order valence-corrected chi connectivity index (χ4v) is 2.20. The first-order valence-electron chi connectivity index (χ1n) is 5.56. The summed E-state index contributed by atoms with van der Waals surface area (Å²) in [6.45, 7) is -0.154. The third kappa shape index (κ3) is 3.76. The van der Waals surface area contributed by atoms with E-state index in [0.717, 1.165) is 0 Å². The average Bonchev–Trinajstić information content (AvgIpc) is 2.37. The topological polar surface area (TPSA) is 51.1 Å². The Hall–Kier alpha value is -1.49. The van der Waals surface area contributed by atoms with Gasteiger partial charge in [0.2, 0.25) is 5.91 Å². The zero-order chi connectivity index (χ0) is 14.7. The highest BCUT2D eigenvalue weighted by Crippen LogP contribution is 2.25. The minimum absolute atomic E-state index is 0.154. The summed E-state index contributed by atoms with van der Waals surface area (Å²) in [6.07, 6.45) is 1.40. The van der Waals surface area contributed by atoms with Crippen LogP contribution in [0.2, 0.25) is 15.1 Å². The van der Waals surface area contributed by atoms with Gasteiger partial charge in [0.1, 0.15) is 6.54 Å². The van der Waals surface area contributed by atoms with Crippen LogP contribution in [0.15, 0.2) is 41.3 Å². The van der Waals surface area contributed by atoms with Crippen LogP contribution in [0.1, 0.15) is 0 Å². The molecule has 0 fully saturated rings. The van der Waals surface area contributed by atoms with Gasteiger partial charge >= 0.3 is 0 Å². The maximum absolute atomic E-state index is 11.9. The van der Waals surface area contributed by atoms with Gasteiger partial charge in [0.25, 0.3) is 5.56 Å². The van der Waals surface area contributed by atoms with Crippen molar-refractivity contribution in [2.24, 2.45) is 0 Å². The van der Waals surface area contributed by atoms with Crippen molar-refractivity contribution in [2.45, 2.75) is 6.54 Å². The Kier molecular flexibility index (Phi) is 4.70. The summed E-state index contributed by atoms with van der Waals surface area (Å²) < 4.78 is 1.21. The summed E-state index contributed by atoms with van der Waals surface area (Å²) in [5.41, 5.74) is 0.114. The van der Waals surface area contributed by atoms with Crippen molar-refractivity contribution in [3.8, 4) is 0 Å². The second kappa shape index (κ2) is 6.31. The molecule has 7 heteroatoms. The molecule has 2 aromatic rings. The van der Waals surface area contributed by atoms with Gasteiger partial charge < -0.3 is 9.88 Å². The lowest BCUT2D eigenvalue weighted by Gasteiger charge is -2.09. The number of rotatable bonds is 3. The molecule has 1 N–H and O–H groups in total. The van der Waals surface area contributed by atoms with Crippen molar-refractivity contribution in [3.63, 3.8) is 0 Å². The number of carbonyl (C=O) groups is 1. The molecule has 0 atom stereocenters. The first-order chi connectivity index (χ1) is 9.45. The van der Waals surface area contributed by atoms with Gasteiger partial charge in [0, 0.05) is 17.3 Å². The van der Waals surface area contributed by atoms with Gasteiger partial charge in [-0.3, -0.25) is 9.59 Å². The van der Waals surface area contributed by atoms with E-state index in [4.69, 9.17) is 34.8 Å².